The summed E-state index contributed by atoms with van der Waals surface area (Å²) in [5, 5.41) is 32.0. The molecule has 0 aliphatic heterocycles. The first-order valence-electron chi connectivity index (χ1n) is 7.45. The van der Waals surface area contributed by atoms with Crippen LogP contribution < -0.4 is 5.32 Å². The van der Waals surface area contributed by atoms with Crippen molar-refractivity contribution in [2.24, 2.45) is 0 Å². The molecule has 0 aliphatic carbocycles. The molecular weight excluding hydrogens is 278 g/mol. The van der Waals surface area contributed by atoms with Crippen molar-refractivity contribution < 1.29 is 15.3 Å². The number of nitrogens with one attached hydrogen (secondary N) is 1. The van der Waals surface area contributed by atoms with E-state index in [1.54, 1.807) is 18.2 Å². The molecule has 0 spiro atoms. The summed E-state index contributed by atoms with van der Waals surface area (Å²) in [6.45, 7) is 4.53. The van der Waals surface area contributed by atoms with E-state index < -0.39 is 0 Å². The molecule has 2 aromatic rings. The minimum atomic E-state index is -0.0690. The number of aliphatic hydroxyl groups is 1. The highest BCUT2D eigenvalue weighted by Crippen LogP contribution is 2.36. The average Bonchev–Trinajstić information content (AvgIpc) is 2.51. The summed E-state index contributed by atoms with van der Waals surface area (Å²) in [5.41, 5.74) is 2.95. The Labute approximate surface area is 131 Å². The fourth-order valence-corrected chi connectivity index (χ4v) is 2.70. The van der Waals surface area contributed by atoms with E-state index in [0.29, 0.717) is 6.54 Å². The van der Waals surface area contributed by atoms with Crippen molar-refractivity contribution in [1.29, 1.82) is 0 Å². The van der Waals surface area contributed by atoms with Gasteiger partial charge in [-0.1, -0.05) is 36.8 Å². The lowest BCUT2D eigenvalue weighted by molar-refractivity contribution is 0.279. The number of hydrogen-bond donors (Lipinski definition) is 4. The standard InChI is InChI=1S/C18H23NO3/c1-12-3-8-17(22)16(11-12)13(2)18(19-9-10-20)14-4-6-15(21)7-5-14/h3-8,11,13,18-22H,9-10H2,1-2H3. The normalized spacial score (nSPS) is 13.8. The molecule has 2 unspecified atom stereocenters. The third-order valence-electron chi connectivity index (χ3n) is 3.90. The maximum Gasteiger partial charge on any atom is 0.119 e. The Morgan fingerprint density at radius 2 is 1.73 bits per heavy atom. The largest absolute Gasteiger partial charge is 0.508 e. The number of rotatable bonds is 6. The van der Waals surface area contributed by atoms with Crippen molar-refractivity contribution in [3.05, 3.63) is 59.2 Å². The van der Waals surface area contributed by atoms with Gasteiger partial charge >= 0.3 is 0 Å². The average molecular weight is 301 g/mol. The van der Waals surface area contributed by atoms with Gasteiger partial charge in [0.05, 0.1) is 6.61 Å². The summed E-state index contributed by atoms with van der Waals surface area (Å²) >= 11 is 0. The van der Waals surface area contributed by atoms with Crippen molar-refractivity contribution in [2.75, 3.05) is 13.2 Å². The third kappa shape index (κ3) is 3.78. The van der Waals surface area contributed by atoms with Gasteiger partial charge in [0.25, 0.3) is 0 Å². The topological polar surface area (TPSA) is 72.7 Å². The molecule has 0 fully saturated rings. The summed E-state index contributed by atoms with van der Waals surface area (Å²) in [6, 6.07) is 12.5. The Bertz CT molecular complexity index is 610. The van der Waals surface area contributed by atoms with Crippen LogP contribution in [0.15, 0.2) is 42.5 Å². The van der Waals surface area contributed by atoms with Crippen molar-refractivity contribution in [2.45, 2.75) is 25.8 Å². The molecule has 0 bridgehead atoms. The van der Waals surface area contributed by atoms with Crippen LogP contribution >= 0.6 is 0 Å². The van der Waals surface area contributed by atoms with Crippen LogP contribution in [0.3, 0.4) is 0 Å². The zero-order valence-corrected chi connectivity index (χ0v) is 13.0. The Morgan fingerprint density at radius 3 is 2.36 bits per heavy atom. The monoisotopic (exact) mass is 301 g/mol. The van der Waals surface area contributed by atoms with Crippen LogP contribution in [-0.2, 0) is 0 Å². The van der Waals surface area contributed by atoms with Crippen LogP contribution in [0.4, 0.5) is 0 Å². The van der Waals surface area contributed by atoms with Crippen molar-refractivity contribution in [3.63, 3.8) is 0 Å². The van der Waals surface area contributed by atoms with Gasteiger partial charge in [-0.3, -0.25) is 0 Å². The molecule has 0 radical (unpaired) electrons. The predicted molar refractivity (Wildman–Crippen MR) is 87.2 cm³/mol. The van der Waals surface area contributed by atoms with Gasteiger partial charge in [-0.05, 0) is 36.2 Å². The molecule has 4 heteroatoms. The zero-order valence-electron chi connectivity index (χ0n) is 13.0. The molecular formula is C18H23NO3. The van der Waals surface area contributed by atoms with E-state index in [-0.39, 0.29) is 30.1 Å². The molecule has 22 heavy (non-hydrogen) atoms. The van der Waals surface area contributed by atoms with Crippen LogP contribution in [0.25, 0.3) is 0 Å². The quantitative estimate of drug-likeness (QED) is 0.662. The highest BCUT2D eigenvalue weighted by Gasteiger charge is 2.22. The number of phenols is 2. The maximum atomic E-state index is 10.2. The molecule has 4 nitrogen and oxygen atoms in total. The molecule has 0 heterocycles. The summed E-state index contributed by atoms with van der Waals surface area (Å²) in [5.74, 6) is 0.499. The van der Waals surface area contributed by atoms with Crippen molar-refractivity contribution >= 4 is 0 Å². The highest BCUT2D eigenvalue weighted by molar-refractivity contribution is 5.40. The molecule has 2 rings (SSSR count). The molecule has 0 saturated heterocycles. The summed E-state index contributed by atoms with van der Waals surface area (Å²) in [6.07, 6.45) is 0. The summed E-state index contributed by atoms with van der Waals surface area (Å²) < 4.78 is 0. The van der Waals surface area contributed by atoms with Gasteiger partial charge in [0.2, 0.25) is 0 Å². The third-order valence-corrected chi connectivity index (χ3v) is 3.90. The maximum absolute atomic E-state index is 10.2. The molecule has 0 aromatic heterocycles. The Morgan fingerprint density at radius 1 is 1.05 bits per heavy atom. The lowest BCUT2D eigenvalue weighted by atomic mass is 9.87. The molecule has 2 atom stereocenters. The fourth-order valence-electron chi connectivity index (χ4n) is 2.70. The van der Waals surface area contributed by atoms with E-state index >= 15 is 0 Å². The number of aromatic hydroxyl groups is 2. The molecule has 4 N–H and O–H groups in total. The van der Waals surface area contributed by atoms with Gasteiger partial charge in [0.1, 0.15) is 11.5 Å². The summed E-state index contributed by atoms with van der Waals surface area (Å²) in [7, 11) is 0. The van der Waals surface area contributed by atoms with Crippen LogP contribution in [0.2, 0.25) is 0 Å². The minimum Gasteiger partial charge on any atom is -0.508 e. The molecule has 0 saturated carbocycles. The molecule has 2 aromatic carbocycles. The predicted octanol–water partition coefficient (Wildman–Crippen LogP) is 2.83. The molecule has 0 aliphatic rings. The number of aryl methyl sites for hydroxylation is 1. The van der Waals surface area contributed by atoms with E-state index in [1.807, 2.05) is 38.1 Å². The SMILES string of the molecule is Cc1ccc(O)c(C(C)C(NCCO)c2ccc(O)cc2)c1. The van der Waals surface area contributed by atoms with Gasteiger partial charge in [-0.25, -0.2) is 0 Å². The number of aliphatic hydroxyl groups excluding tert-OH is 1. The zero-order chi connectivity index (χ0) is 16.1. The second kappa shape index (κ2) is 7.29. The second-order valence-corrected chi connectivity index (χ2v) is 5.60. The van der Waals surface area contributed by atoms with Gasteiger partial charge in [-0.2, -0.15) is 0 Å². The van der Waals surface area contributed by atoms with Gasteiger partial charge in [-0.15, -0.1) is 0 Å². The Kier molecular flexibility index (Phi) is 5.41. The second-order valence-electron chi connectivity index (χ2n) is 5.60. The van der Waals surface area contributed by atoms with Crippen LogP contribution in [0.1, 0.15) is 35.6 Å². The molecule has 0 amide bonds. The van der Waals surface area contributed by atoms with Crippen LogP contribution in [0.5, 0.6) is 11.5 Å². The van der Waals surface area contributed by atoms with Gasteiger partial charge < -0.3 is 20.6 Å². The van der Waals surface area contributed by atoms with E-state index in [1.165, 1.54) is 0 Å². The first-order chi connectivity index (χ1) is 10.5. The summed E-state index contributed by atoms with van der Waals surface area (Å²) in [4.78, 5) is 0. The van der Waals surface area contributed by atoms with E-state index in [9.17, 15) is 10.2 Å². The number of benzene rings is 2. The Hall–Kier alpha value is -2.04. The first kappa shape index (κ1) is 16.3. The number of hydrogen-bond acceptors (Lipinski definition) is 4. The van der Waals surface area contributed by atoms with Crippen LogP contribution in [-0.4, -0.2) is 28.5 Å². The molecule has 118 valence electrons. The lowest BCUT2D eigenvalue weighted by Crippen LogP contribution is -2.28. The van der Waals surface area contributed by atoms with E-state index in [4.69, 9.17) is 5.11 Å². The van der Waals surface area contributed by atoms with Gasteiger partial charge in [0, 0.05) is 18.5 Å². The van der Waals surface area contributed by atoms with Crippen molar-refractivity contribution in [3.8, 4) is 11.5 Å². The van der Waals surface area contributed by atoms with E-state index in [0.717, 1.165) is 16.7 Å². The lowest BCUT2D eigenvalue weighted by Gasteiger charge is -2.27. The van der Waals surface area contributed by atoms with E-state index in [2.05, 4.69) is 5.32 Å². The van der Waals surface area contributed by atoms with Crippen LogP contribution in [0, 0.1) is 6.92 Å². The fraction of sp³-hybridized carbons (Fsp3) is 0.333. The Balaban J connectivity index is 2.35. The first-order valence-corrected chi connectivity index (χ1v) is 7.45. The van der Waals surface area contributed by atoms with Gasteiger partial charge in [0.15, 0.2) is 0 Å². The highest BCUT2D eigenvalue weighted by atomic mass is 16.3. The van der Waals surface area contributed by atoms with Crippen molar-refractivity contribution in [1.82, 2.24) is 5.32 Å². The smallest absolute Gasteiger partial charge is 0.119 e. The number of phenolic OH excluding ortho intramolecular Hbond substituents is 2. The minimum absolute atomic E-state index is 0.0102.